The van der Waals surface area contributed by atoms with E-state index in [1.807, 2.05) is 30.3 Å². The largest absolute Gasteiger partial charge is 0.497 e. The number of methoxy groups -OCH3 is 1. The summed E-state index contributed by atoms with van der Waals surface area (Å²) in [7, 11) is 1.64. The van der Waals surface area contributed by atoms with E-state index in [0.717, 1.165) is 23.3 Å². The Morgan fingerprint density at radius 2 is 1.92 bits per heavy atom. The van der Waals surface area contributed by atoms with Gasteiger partial charge in [-0.05, 0) is 41.8 Å². The van der Waals surface area contributed by atoms with Crippen molar-refractivity contribution < 1.29 is 19.0 Å². The van der Waals surface area contributed by atoms with E-state index >= 15 is 0 Å². The molecule has 0 fully saturated rings. The number of carbonyl (C=O) groups excluding carboxylic acids is 1. The minimum atomic E-state index is -0.0544. The summed E-state index contributed by atoms with van der Waals surface area (Å²) in [5.41, 5.74) is 1.94. The van der Waals surface area contributed by atoms with Gasteiger partial charge in [0.25, 0.3) is 0 Å². The Hall–Kier alpha value is -2.40. The molecule has 2 aromatic rings. The zero-order valence-corrected chi connectivity index (χ0v) is 14.8. The summed E-state index contributed by atoms with van der Waals surface area (Å²) < 4.78 is 16.1. The number of nitrogens with one attached hydrogen (secondary N) is 1. The third-order valence-corrected chi connectivity index (χ3v) is 4.20. The number of fused-ring (bicyclic) bond motifs is 1. The molecule has 2 aromatic carbocycles. The number of benzene rings is 2. The van der Waals surface area contributed by atoms with Crippen molar-refractivity contribution in [3.8, 4) is 17.2 Å². The average molecular weight is 362 g/mol. The first-order chi connectivity index (χ1) is 12.2. The number of ether oxygens (including phenoxy) is 3. The second-order valence-corrected chi connectivity index (χ2v) is 6.13. The molecule has 0 atom stereocenters. The first kappa shape index (κ1) is 17.4. The molecule has 1 heterocycles. The normalized spacial score (nSPS) is 12.6. The van der Waals surface area contributed by atoms with Gasteiger partial charge >= 0.3 is 0 Å². The van der Waals surface area contributed by atoms with Crippen molar-refractivity contribution in [1.82, 2.24) is 5.32 Å². The molecule has 1 aliphatic heterocycles. The van der Waals surface area contributed by atoms with Crippen LogP contribution < -0.4 is 19.5 Å². The van der Waals surface area contributed by atoms with Crippen molar-refractivity contribution >= 4 is 17.5 Å². The molecule has 132 valence electrons. The molecule has 0 saturated heterocycles. The third-order valence-electron chi connectivity index (χ3n) is 3.92. The van der Waals surface area contributed by atoms with E-state index in [2.05, 4.69) is 5.32 Å². The fourth-order valence-electron chi connectivity index (χ4n) is 2.65. The fraction of sp³-hybridized carbons (Fsp3) is 0.316. The van der Waals surface area contributed by atoms with Crippen molar-refractivity contribution in [1.29, 1.82) is 0 Å². The van der Waals surface area contributed by atoms with Crippen molar-refractivity contribution in [2.45, 2.75) is 12.8 Å². The molecule has 0 saturated carbocycles. The van der Waals surface area contributed by atoms with Gasteiger partial charge in [-0.15, -0.1) is 0 Å². The summed E-state index contributed by atoms with van der Waals surface area (Å²) in [6.07, 6.45) is 1.01. The van der Waals surface area contributed by atoms with Crippen LogP contribution in [0.25, 0.3) is 0 Å². The van der Waals surface area contributed by atoms with Gasteiger partial charge in [0.05, 0.1) is 18.6 Å². The van der Waals surface area contributed by atoms with E-state index < -0.39 is 0 Å². The predicted molar refractivity (Wildman–Crippen MR) is 95.9 cm³/mol. The standard InChI is InChI=1S/C19H20ClNO4/c1-23-15-4-2-13(3-5-15)6-7-21-18(22)12-14-10-16(20)19-17(11-14)24-8-9-25-19/h2-5,10-11H,6-9,12H2,1H3,(H,21,22). The van der Waals surface area contributed by atoms with Crippen LogP contribution in [0.5, 0.6) is 17.2 Å². The molecule has 0 aromatic heterocycles. The molecule has 0 unspecified atom stereocenters. The minimum Gasteiger partial charge on any atom is -0.497 e. The molecule has 1 N–H and O–H groups in total. The van der Waals surface area contributed by atoms with Crippen LogP contribution in [0.1, 0.15) is 11.1 Å². The van der Waals surface area contributed by atoms with Crippen LogP contribution in [0.4, 0.5) is 0 Å². The van der Waals surface area contributed by atoms with Crippen LogP contribution in [0, 0.1) is 0 Å². The van der Waals surface area contributed by atoms with Crippen LogP contribution in [0.3, 0.4) is 0 Å². The molecule has 5 nitrogen and oxygen atoms in total. The highest BCUT2D eigenvalue weighted by molar-refractivity contribution is 6.32. The molecule has 0 spiro atoms. The summed E-state index contributed by atoms with van der Waals surface area (Å²) in [6, 6.07) is 11.4. The van der Waals surface area contributed by atoms with Gasteiger partial charge in [-0.1, -0.05) is 23.7 Å². The lowest BCUT2D eigenvalue weighted by molar-refractivity contribution is -0.120. The van der Waals surface area contributed by atoms with Crippen molar-refractivity contribution in [3.05, 3.63) is 52.5 Å². The number of halogens is 1. The Labute approximate surface area is 151 Å². The van der Waals surface area contributed by atoms with Gasteiger partial charge < -0.3 is 19.5 Å². The van der Waals surface area contributed by atoms with Gasteiger partial charge in [0.2, 0.25) is 5.91 Å². The highest BCUT2D eigenvalue weighted by Gasteiger charge is 2.17. The van der Waals surface area contributed by atoms with Crippen LogP contribution in [-0.4, -0.2) is 32.8 Å². The summed E-state index contributed by atoms with van der Waals surface area (Å²) in [6.45, 7) is 1.54. The van der Waals surface area contributed by atoms with Crippen LogP contribution in [0.15, 0.2) is 36.4 Å². The lowest BCUT2D eigenvalue weighted by atomic mass is 10.1. The zero-order chi connectivity index (χ0) is 17.6. The Morgan fingerprint density at radius 1 is 1.16 bits per heavy atom. The first-order valence-electron chi connectivity index (χ1n) is 8.13. The van der Waals surface area contributed by atoms with Gasteiger partial charge in [0.15, 0.2) is 11.5 Å². The maximum absolute atomic E-state index is 12.1. The SMILES string of the molecule is COc1ccc(CCNC(=O)Cc2cc(Cl)c3c(c2)OCCO3)cc1. The van der Waals surface area contributed by atoms with E-state index in [0.29, 0.717) is 36.3 Å². The van der Waals surface area contributed by atoms with Gasteiger partial charge in [-0.25, -0.2) is 0 Å². The second-order valence-electron chi connectivity index (χ2n) is 5.73. The van der Waals surface area contributed by atoms with Crippen LogP contribution in [0.2, 0.25) is 5.02 Å². The molecule has 0 bridgehead atoms. The van der Waals surface area contributed by atoms with Crippen molar-refractivity contribution in [3.63, 3.8) is 0 Å². The molecule has 25 heavy (non-hydrogen) atoms. The number of hydrogen-bond donors (Lipinski definition) is 1. The van der Waals surface area contributed by atoms with E-state index in [1.54, 1.807) is 13.2 Å². The second kappa shape index (κ2) is 8.12. The van der Waals surface area contributed by atoms with Crippen LogP contribution in [-0.2, 0) is 17.6 Å². The maximum atomic E-state index is 12.1. The molecular weight excluding hydrogens is 342 g/mol. The van der Waals surface area contributed by atoms with Crippen LogP contribution >= 0.6 is 11.6 Å². The minimum absolute atomic E-state index is 0.0544. The van der Waals surface area contributed by atoms with Gasteiger partial charge in [0, 0.05) is 6.54 Å². The summed E-state index contributed by atoms with van der Waals surface area (Å²) in [4.78, 5) is 12.1. The monoisotopic (exact) mass is 361 g/mol. The maximum Gasteiger partial charge on any atom is 0.224 e. The van der Waals surface area contributed by atoms with E-state index in [9.17, 15) is 4.79 Å². The Balaban J connectivity index is 1.51. The molecule has 0 radical (unpaired) electrons. The molecule has 6 heteroatoms. The van der Waals surface area contributed by atoms with Crippen molar-refractivity contribution in [2.75, 3.05) is 26.9 Å². The predicted octanol–water partition coefficient (Wildman–Crippen LogP) is 3.02. The first-order valence-corrected chi connectivity index (χ1v) is 8.51. The smallest absolute Gasteiger partial charge is 0.224 e. The molecular formula is C19H20ClNO4. The van der Waals surface area contributed by atoms with E-state index in [4.69, 9.17) is 25.8 Å². The fourth-order valence-corrected chi connectivity index (χ4v) is 2.94. The number of hydrogen-bond acceptors (Lipinski definition) is 4. The van der Waals surface area contributed by atoms with E-state index in [1.165, 1.54) is 0 Å². The third kappa shape index (κ3) is 4.57. The summed E-state index contributed by atoms with van der Waals surface area (Å²) in [5, 5.41) is 3.39. The molecule has 1 aliphatic rings. The summed E-state index contributed by atoms with van der Waals surface area (Å²) >= 11 is 6.19. The highest BCUT2D eigenvalue weighted by Crippen LogP contribution is 2.38. The molecule has 0 aliphatic carbocycles. The lowest BCUT2D eigenvalue weighted by Gasteiger charge is -2.20. The number of rotatable bonds is 6. The quantitative estimate of drug-likeness (QED) is 0.859. The number of amides is 1. The summed E-state index contributed by atoms with van der Waals surface area (Å²) in [5.74, 6) is 1.92. The Bertz CT molecular complexity index is 746. The Kier molecular flexibility index (Phi) is 5.66. The highest BCUT2D eigenvalue weighted by atomic mass is 35.5. The van der Waals surface area contributed by atoms with Crippen molar-refractivity contribution in [2.24, 2.45) is 0 Å². The van der Waals surface area contributed by atoms with Gasteiger partial charge in [-0.2, -0.15) is 0 Å². The Morgan fingerprint density at radius 3 is 2.68 bits per heavy atom. The molecule has 3 rings (SSSR count). The zero-order valence-electron chi connectivity index (χ0n) is 14.0. The molecule has 1 amide bonds. The average Bonchev–Trinajstić information content (AvgIpc) is 2.62. The lowest BCUT2D eigenvalue weighted by Crippen LogP contribution is -2.27. The van der Waals surface area contributed by atoms with Gasteiger partial charge in [0.1, 0.15) is 19.0 Å². The van der Waals surface area contributed by atoms with E-state index in [-0.39, 0.29) is 12.3 Å². The number of carbonyl (C=O) groups is 1. The van der Waals surface area contributed by atoms with Gasteiger partial charge in [-0.3, -0.25) is 4.79 Å². The topological polar surface area (TPSA) is 56.8 Å².